The molecule has 0 fully saturated rings. The minimum Gasteiger partial charge on any atom is -0.497 e. The molecule has 0 saturated heterocycles. The summed E-state index contributed by atoms with van der Waals surface area (Å²) < 4.78 is 18.9. The van der Waals surface area contributed by atoms with Crippen LogP contribution >= 0.6 is 0 Å². The fourth-order valence-corrected chi connectivity index (χ4v) is 2.02. The molecule has 0 bridgehead atoms. The summed E-state index contributed by atoms with van der Waals surface area (Å²) in [6, 6.07) is 12.5. The van der Waals surface area contributed by atoms with Crippen LogP contribution in [0.1, 0.15) is 22.7 Å². The smallest absolute Gasteiger partial charge is 0.131 e. The van der Waals surface area contributed by atoms with Crippen LogP contribution < -0.4 is 10.5 Å². The second-order valence-corrected chi connectivity index (χ2v) is 4.68. The Labute approximate surface area is 113 Å². The Morgan fingerprint density at radius 1 is 1.16 bits per heavy atom. The lowest BCUT2D eigenvalue weighted by molar-refractivity contribution is 0.410. The molecule has 2 N–H and O–H groups in total. The number of aryl methyl sites for hydroxylation is 1. The first-order chi connectivity index (χ1) is 9.10. The molecule has 1 unspecified atom stereocenters. The molecule has 2 rings (SSSR count). The lowest BCUT2D eigenvalue weighted by Gasteiger charge is -2.14. The Morgan fingerprint density at radius 3 is 2.42 bits per heavy atom. The van der Waals surface area contributed by atoms with E-state index in [-0.39, 0.29) is 11.9 Å². The average molecular weight is 259 g/mol. The molecule has 0 aromatic heterocycles. The average Bonchev–Trinajstić information content (AvgIpc) is 2.41. The van der Waals surface area contributed by atoms with E-state index in [0.717, 1.165) is 5.56 Å². The molecule has 100 valence electrons. The Bertz CT molecular complexity index is 551. The predicted octanol–water partition coefficient (Wildman–Crippen LogP) is 3.39. The van der Waals surface area contributed by atoms with E-state index in [0.29, 0.717) is 17.7 Å². The van der Waals surface area contributed by atoms with Crippen molar-refractivity contribution in [2.24, 2.45) is 5.73 Å². The van der Waals surface area contributed by atoms with E-state index in [1.54, 1.807) is 12.1 Å². The Kier molecular flexibility index (Phi) is 4.17. The van der Waals surface area contributed by atoms with Crippen LogP contribution in [0, 0.1) is 12.7 Å². The number of benzene rings is 2. The van der Waals surface area contributed by atoms with Crippen molar-refractivity contribution >= 4 is 0 Å². The molecule has 19 heavy (non-hydrogen) atoms. The second kappa shape index (κ2) is 5.85. The van der Waals surface area contributed by atoms with Gasteiger partial charge in [-0.25, -0.2) is 4.39 Å². The summed E-state index contributed by atoms with van der Waals surface area (Å²) in [6.45, 7) is 2.03. The van der Waals surface area contributed by atoms with Gasteiger partial charge in [-0.1, -0.05) is 35.9 Å². The van der Waals surface area contributed by atoms with Crippen LogP contribution in [0.15, 0.2) is 42.5 Å². The van der Waals surface area contributed by atoms with Gasteiger partial charge in [0, 0.05) is 17.7 Å². The van der Waals surface area contributed by atoms with Crippen molar-refractivity contribution in [1.29, 1.82) is 0 Å². The van der Waals surface area contributed by atoms with Gasteiger partial charge >= 0.3 is 0 Å². The summed E-state index contributed by atoms with van der Waals surface area (Å²) in [5.41, 5.74) is 8.90. The van der Waals surface area contributed by atoms with Gasteiger partial charge < -0.3 is 10.5 Å². The van der Waals surface area contributed by atoms with Crippen LogP contribution in [0.2, 0.25) is 0 Å². The van der Waals surface area contributed by atoms with Crippen molar-refractivity contribution in [2.45, 2.75) is 19.4 Å². The number of methoxy groups -OCH3 is 1. The van der Waals surface area contributed by atoms with Gasteiger partial charge in [-0.2, -0.15) is 0 Å². The highest BCUT2D eigenvalue weighted by atomic mass is 19.1. The van der Waals surface area contributed by atoms with Gasteiger partial charge in [0.05, 0.1) is 7.11 Å². The lowest BCUT2D eigenvalue weighted by atomic mass is 9.98. The first-order valence-corrected chi connectivity index (χ1v) is 6.24. The van der Waals surface area contributed by atoms with E-state index in [2.05, 4.69) is 0 Å². The molecule has 0 aliphatic rings. The Balaban J connectivity index is 2.15. The Hall–Kier alpha value is -1.87. The van der Waals surface area contributed by atoms with Crippen LogP contribution in [-0.4, -0.2) is 7.11 Å². The molecule has 0 spiro atoms. The number of halogens is 1. The van der Waals surface area contributed by atoms with Crippen LogP contribution in [-0.2, 0) is 6.42 Å². The largest absolute Gasteiger partial charge is 0.497 e. The van der Waals surface area contributed by atoms with Crippen molar-refractivity contribution < 1.29 is 9.13 Å². The first kappa shape index (κ1) is 13.6. The molecule has 2 aromatic carbocycles. The summed E-state index contributed by atoms with van der Waals surface area (Å²) >= 11 is 0. The SMILES string of the molecule is COc1ccc(C(N)Cc2ccc(C)cc2)c(F)c1. The number of hydrogen-bond acceptors (Lipinski definition) is 2. The highest BCUT2D eigenvalue weighted by molar-refractivity contribution is 5.32. The second-order valence-electron chi connectivity index (χ2n) is 4.68. The molecule has 2 nitrogen and oxygen atoms in total. The predicted molar refractivity (Wildman–Crippen MR) is 74.8 cm³/mol. The minimum atomic E-state index is -0.353. The monoisotopic (exact) mass is 259 g/mol. The molecule has 1 atom stereocenters. The molecule has 0 saturated carbocycles. The molecule has 0 radical (unpaired) electrons. The van der Waals surface area contributed by atoms with Gasteiger partial charge in [-0.15, -0.1) is 0 Å². The van der Waals surface area contributed by atoms with Gasteiger partial charge in [0.15, 0.2) is 0 Å². The number of rotatable bonds is 4. The van der Waals surface area contributed by atoms with Gasteiger partial charge in [0.25, 0.3) is 0 Å². The van der Waals surface area contributed by atoms with Crippen molar-refractivity contribution in [3.8, 4) is 5.75 Å². The maximum atomic E-state index is 13.9. The number of nitrogens with two attached hydrogens (primary N) is 1. The van der Waals surface area contributed by atoms with Crippen molar-refractivity contribution in [2.75, 3.05) is 7.11 Å². The molecule has 0 aliphatic carbocycles. The van der Waals surface area contributed by atoms with Crippen LogP contribution in [0.5, 0.6) is 5.75 Å². The topological polar surface area (TPSA) is 35.2 Å². The molecular weight excluding hydrogens is 241 g/mol. The normalized spacial score (nSPS) is 12.2. The third-order valence-corrected chi connectivity index (χ3v) is 3.18. The van der Waals surface area contributed by atoms with E-state index in [4.69, 9.17) is 10.5 Å². The van der Waals surface area contributed by atoms with E-state index >= 15 is 0 Å². The summed E-state index contributed by atoms with van der Waals surface area (Å²) in [6.07, 6.45) is 0.615. The van der Waals surface area contributed by atoms with Gasteiger partial charge in [0.2, 0.25) is 0 Å². The summed E-state index contributed by atoms with van der Waals surface area (Å²) in [4.78, 5) is 0. The van der Waals surface area contributed by atoms with E-state index < -0.39 is 0 Å². The molecule has 3 heteroatoms. The summed E-state index contributed by atoms with van der Waals surface area (Å²) in [5.74, 6) is 0.183. The zero-order valence-corrected chi connectivity index (χ0v) is 11.2. The van der Waals surface area contributed by atoms with Crippen LogP contribution in [0.3, 0.4) is 0 Å². The fourth-order valence-electron chi connectivity index (χ4n) is 2.02. The minimum absolute atomic E-state index is 0.320. The molecule has 2 aromatic rings. The fraction of sp³-hybridized carbons (Fsp3) is 0.250. The lowest BCUT2D eigenvalue weighted by Crippen LogP contribution is -2.15. The van der Waals surface area contributed by atoms with Crippen molar-refractivity contribution in [3.63, 3.8) is 0 Å². The summed E-state index contributed by atoms with van der Waals surface area (Å²) in [7, 11) is 1.51. The van der Waals surface area contributed by atoms with Crippen LogP contribution in [0.25, 0.3) is 0 Å². The van der Waals surface area contributed by atoms with E-state index in [9.17, 15) is 4.39 Å². The van der Waals surface area contributed by atoms with Crippen molar-refractivity contribution in [1.82, 2.24) is 0 Å². The van der Waals surface area contributed by atoms with Gasteiger partial charge in [-0.3, -0.25) is 0 Å². The summed E-state index contributed by atoms with van der Waals surface area (Å²) in [5, 5.41) is 0. The standard InChI is InChI=1S/C16H18FNO/c1-11-3-5-12(6-4-11)9-16(18)14-8-7-13(19-2)10-15(14)17/h3-8,10,16H,9,18H2,1-2H3. The number of hydrogen-bond donors (Lipinski definition) is 1. The molecule has 0 heterocycles. The maximum absolute atomic E-state index is 13.9. The third-order valence-electron chi connectivity index (χ3n) is 3.18. The van der Waals surface area contributed by atoms with Gasteiger partial charge in [0.1, 0.15) is 11.6 Å². The molecule has 0 aliphatic heterocycles. The highest BCUT2D eigenvalue weighted by Crippen LogP contribution is 2.23. The maximum Gasteiger partial charge on any atom is 0.131 e. The highest BCUT2D eigenvalue weighted by Gasteiger charge is 2.12. The first-order valence-electron chi connectivity index (χ1n) is 6.24. The third kappa shape index (κ3) is 3.32. The van der Waals surface area contributed by atoms with Gasteiger partial charge in [-0.05, 0) is 25.0 Å². The molecular formula is C16H18FNO. The van der Waals surface area contributed by atoms with Crippen molar-refractivity contribution in [3.05, 3.63) is 65.0 Å². The van der Waals surface area contributed by atoms with E-state index in [1.807, 2.05) is 31.2 Å². The zero-order valence-electron chi connectivity index (χ0n) is 11.2. The quantitative estimate of drug-likeness (QED) is 0.913. The number of ether oxygens (including phenoxy) is 1. The Morgan fingerprint density at radius 2 is 1.84 bits per heavy atom. The zero-order chi connectivity index (χ0) is 13.8. The van der Waals surface area contributed by atoms with E-state index in [1.165, 1.54) is 18.7 Å². The van der Waals surface area contributed by atoms with Crippen LogP contribution in [0.4, 0.5) is 4.39 Å². The molecule has 0 amide bonds.